The number of amides is 1. The average molecular weight is 418 g/mol. The fraction of sp³-hybridized carbons (Fsp3) is 0.632. The molecule has 1 saturated carbocycles. The van der Waals surface area contributed by atoms with Crippen molar-refractivity contribution < 1.29 is 13.2 Å². The lowest BCUT2D eigenvalue weighted by atomic mass is 9.99. The van der Waals surface area contributed by atoms with Crippen LogP contribution in [0, 0.1) is 19.8 Å². The Balaban J connectivity index is 0.00000364. The highest BCUT2D eigenvalue weighted by Gasteiger charge is 2.27. The fourth-order valence-electron chi connectivity index (χ4n) is 3.58. The molecule has 154 valence electrons. The first-order valence-electron chi connectivity index (χ1n) is 9.37. The zero-order chi connectivity index (χ0) is 19.5. The largest absolute Gasteiger partial charge is 0.327 e. The maximum Gasteiger partial charge on any atom is 0.243 e. The SMILES string of the molecule is CCN(CC)S(=O)(=O)c1cc(C)c(C)c(NC(=O)C[C@@H]2CCC[C@H]2N)c1.Cl. The van der Waals surface area contributed by atoms with E-state index in [0.29, 0.717) is 25.2 Å². The molecule has 0 aromatic heterocycles. The predicted molar refractivity (Wildman–Crippen MR) is 112 cm³/mol. The van der Waals surface area contributed by atoms with Crippen LogP contribution in [0.1, 0.15) is 50.7 Å². The number of nitrogens with zero attached hydrogens (tertiary/aromatic N) is 1. The van der Waals surface area contributed by atoms with Gasteiger partial charge in [0.25, 0.3) is 0 Å². The number of nitrogens with two attached hydrogens (primary N) is 1. The maximum atomic E-state index is 12.8. The van der Waals surface area contributed by atoms with Gasteiger partial charge in [-0.25, -0.2) is 8.42 Å². The molecular formula is C19H32ClN3O3S. The molecule has 1 fully saturated rings. The van der Waals surface area contributed by atoms with Crippen LogP contribution < -0.4 is 11.1 Å². The minimum Gasteiger partial charge on any atom is -0.327 e. The number of anilines is 1. The van der Waals surface area contributed by atoms with Crippen molar-refractivity contribution in [2.75, 3.05) is 18.4 Å². The van der Waals surface area contributed by atoms with Crippen molar-refractivity contribution in [3.05, 3.63) is 23.3 Å². The summed E-state index contributed by atoms with van der Waals surface area (Å²) < 4.78 is 27.0. The quantitative estimate of drug-likeness (QED) is 0.712. The van der Waals surface area contributed by atoms with Gasteiger partial charge in [0, 0.05) is 31.2 Å². The van der Waals surface area contributed by atoms with Gasteiger partial charge in [-0.05, 0) is 55.9 Å². The van der Waals surface area contributed by atoms with Crippen molar-refractivity contribution in [3.63, 3.8) is 0 Å². The summed E-state index contributed by atoms with van der Waals surface area (Å²) in [6, 6.07) is 3.33. The molecule has 6 nitrogen and oxygen atoms in total. The molecule has 3 N–H and O–H groups in total. The third-order valence-corrected chi connectivity index (χ3v) is 7.45. The van der Waals surface area contributed by atoms with Crippen LogP contribution in [0.5, 0.6) is 0 Å². The van der Waals surface area contributed by atoms with E-state index in [-0.39, 0.29) is 35.2 Å². The lowest BCUT2D eigenvalue weighted by Crippen LogP contribution is -2.31. The number of hydrogen-bond acceptors (Lipinski definition) is 4. The van der Waals surface area contributed by atoms with Gasteiger partial charge in [0.1, 0.15) is 0 Å². The summed E-state index contributed by atoms with van der Waals surface area (Å²) in [4.78, 5) is 12.7. The van der Waals surface area contributed by atoms with E-state index in [9.17, 15) is 13.2 Å². The molecule has 27 heavy (non-hydrogen) atoms. The van der Waals surface area contributed by atoms with E-state index < -0.39 is 10.0 Å². The van der Waals surface area contributed by atoms with Gasteiger partial charge in [-0.2, -0.15) is 4.31 Å². The molecule has 0 aliphatic heterocycles. The molecular weight excluding hydrogens is 386 g/mol. The number of hydrogen-bond donors (Lipinski definition) is 2. The Bertz CT molecular complexity index is 764. The lowest BCUT2D eigenvalue weighted by molar-refractivity contribution is -0.117. The van der Waals surface area contributed by atoms with Crippen molar-refractivity contribution in [2.24, 2.45) is 11.7 Å². The summed E-state index contributed by atoms with van der Waals surface area (Å²) >= 11 is 0. The van der Waals surface area contributed by atoms with Gasteiger partial charge in [-0.3, -0.25) is 4.79 Å². The third kappa shape index (κ3) is 5.44. The van der Waals surface area contributed by atoms with E-state index in [1.165, 1.54) is 4.31 Å². The van der Waals surface area contributed by atoms with Crippen LogP contribution in [-0.4, -0.2) is 37.8 Å². The number of rotatable bonds is 7. The standard InChI is InChI=1S/C19H31N3O3S.ClH/c1-5-22(6-2)26(24,25)16-10-13(3)14(4)18(12-16)21-19(23)11-15-8-7-9-17(15)20;/h10,12,15,17H,5-9,11,20H2,1-4H3,(H,21,23);1H/t15-,17+;/m0./s1. The molecule has 0 heterocycles. The van der Waals surface area contributed by atoms with E-state index >= 15 is 0 Å². The van der Waals surface area contributed by atoms with Gasteiger partial charge >= 0.3 is 0 Å². The Morgan fingerprint density at radius 3 is 2.37 bits per heavy atom. The van der Waals surface area contributed by atoms with Gasteiger partial charge in [-0.1, -0.05) is 20.3 Å². The highest BCUT2D eigenvalue weighted by atomic mass is 35.5. The summed E-state index contributed by atoms with van der Waals surface area (Å²) in [7, 11) is -3.57. The number of aryl methyl sites for hydroxylation is 1. The van der Waals surface area contributed by atoms with Gasteiger partial charge in [0.2, 0.25) is 15.9 Å². The van der Waals surface area contributed by atoms with E-state index in [4.69, 9.17) is 5.73 Å². The van der Waals surface area contributed by atoms with Crippen LogP contribution in [-0.2, 0) is 14.8 Å². The molecule has 8 heteroatoms. The van der Waals surface area contributed by atoms with E-state index in [2.05, 4.69) is 5.32 Å². The average Bonchev–Trinajstić information content (AvgIpc) is 2.97. The number of carbonyl (C=O) groups is 1. The predicted octanol–water partition coefficient (Wildman–Crippen LogP) is 3.21. The molecule has 2 atom stereocenters. The Kier molecular flexibility index (Phi) is 8.73. The summed E-state index contributed by atoms with van der Waals surface area (Å²) in [6.07, 6.45) is 3.39. The molecule has 0 bridgehead atoms. The number of sulfonamides is 1. The molecule has 0 radical (unpaired) electrons. The Hall–Kier alpha value is -1.15. The lowest BCUT2D eigenvalue weighted by Gasteiger charge is -2.21. The second-order valence-corrected chi connectivity index (χ2v) is 9.05. The van der Waals surface area contributed by atoms with Crippen LogP contribution in [0.15, 0.2) is 17.0 Å². The number of benzene rings is 1. The topological polar surface area (TPSA) is 92.5 Å². The highest BCUT2D eigenvalue weighted by molar-refractivity contribution is 7.89. The van der Waals surface area contributed by atoms with Crippen molar-refractivity contribution in [2.45, 2.75) is 64.3 Å². The molecule has 1 aromatic rings. The second-order valence-electron chi connectivity index (χ2n) is 7.11. The molecule has 1 amide bonds. The monoisotopic (exact) mass is 417 g/mol. The van der Waals surface area contributed by atoms with Crippen molar-refractivity contribution in [1.82, 2.24) is 4.31 Å². The van der Waals surface area contributed by atoms with Crippen molar-refractivity contribution in [3.8, 4) is 0 Å². The van der Waals surface area contributed by atoms with Gasteiger partial charge in [-0.15, -0.1) is 12.4 Å². The van der Waals surface area contributed by atoms with Crippen molar-refractivity contribution in [1.29, 1.82) is 0 Å². The minimum atomic E-state index is -3.57. The molecule has 0 unspecified atom stereocenters. The van der Waals surface area contributed by atoms with Crippen LogP contribution in [0.3, 0.4) is 0 Å². The third-order valence-electron chi connectivity index (χ3n) is 5.42. The van der Waals surface area contributed by atoms with E-state index in [1.807, 2.05) is 27.7 Å². The van der Waals surface area contributed by atoms with Gasteiger partial charge in [0.05, 0.1) is 4.90 Å². The first-order valence-corrected chi connectivity index (χ1v) is 10.8. The minimum absolute atomic E-state index is 0. The fourth-order valence-corrected chi connectivity index (χ4v) is 5.15. The first kappa shape index (κ1) is 23.9. The second kappa shape index (κ2) is 9.87. The van der Waals surface area contributed by atoms with Crippen LogP contribution in [0.2, 0.25) is 0 Å². The summed E-state index contributed by atoms with van der Waals surface area (Å²) in [6.45, 7) is 8.20. The molecule has 0 spiro atoms. The van der Waals surface area contributed by atoms with Gasteiger partial charge in [0.15, 0.2) is 0 Å². The number of halogens is 1. The summed E-state index contributed by atoms with van der Waals surface area (Å²) in [5.74, 6) is 0.103. The Morgan fingerprint density at radius 2 is 1.85 bits per heavy atom. The van der Waals surface area contributed by atoms with Crippen LogP contribution in [0.25, 0.3) is 0 Å². The van der Waals surface area contributed by atoms with Crippen molar-refractivity contribution >= 4 is 34.0 Å². The molecule has 1 aliphatic carbocycles. The molecule has 2 rings (SSSR count). The zero-order valence-electron chi connectivity index (χ0n) is 16.6. The summed E-state index contributed by atoms with van der Waals surface area (Å²) in [5, 5.41) is 2.91. The molecule has 1 aliphatic rings. The van der Waals surface area contributed by atoms with Crippen LogP contribution >= 0.6 is 12.4 Å². The van der Waals surface area contributed by atoms with E-state index in [0.717, 1.165) is 30.4 Å². The zero-order valence-corrected chi connectivity index (χ0v) is 18.3. The molecule has 1 aromatic carbocycles. The first-order chi connectivity index (χ1) is 12.2. The summed E-state index contributed by atoms with van der Waals surface area (Å²) in [5.41, 5.74) is 8.34. The van der Waals surface area contributed by atoms with Gasteiger partial charge < -0.3 is 11.1 Å². The van der Waals surface area contributed by atoms with Crippen LogP contribution in [0.4, 0.5) is 5.69 Å². The smallest absolute Gasteiger partial charge is 0.243 e. The Morgan fingerprint density at radius 1 is 1.22 bits per heavy atom. The van der Waals surface area contributed by atoms with E-state index in [1.54, 1.807) is 12.1 Å². The Labute approximate surface area is 169 Å². The number of carbonyl (C=O) groups excluding carboxylic acids is 1. The normalized spacial score (nSPS) is 19.8. The highest BCUT2D eigenvalue weighted by Crippen LogP contribution is 2.29. The molecule has 0 saturated heterocycles. The maximum absolute atomic E-state index is 12.8. The number of nitrogens with one attached hydrogen (secondary N) is 1.